The molecular weight excluding hydrogens is 381 g/mol. The average molecular weight is 392 g/mol. The van der Waals surface area contributed by atoms with Crippen molar-refractivity contribution in [3.8, 4) is 0 Å². The van der Waals surface area contributed by atoms with Crippen LogP contribution in [0.25, 0.3) is 0 Å². The van der Waals surface area contributed by atoms with Gasteiger partial charge in [0.15, 0.2) is 11.0 Å². The molecule has 0 aliphatic carbocycles. The molecular formula is C17H11Cl2N3O2S. The fraction of sp³-hybridized carbons (Fsp3) is 0.0588. The van der Waals surface area contributed by atoms with Crippen LogP contribution >= 0.6 is 35.4 Å². The molecule has 0 radical (unpaired) electrons. The van der Waals surface area contributed by atoms with Crippen molar-refractivity contribution in [2.45, 2.75) is 0 Å². The number of nitrogens with one attached hydrogen (secondary N) is 1. The summed E-state index contributed by atoms with van der Waals surface area (Å²) >= 11 is 16.9. The average Bonchev–Trinajstić information content (AvgIpc) is 2.58. The second kappa shape index (κ2) is 7.31. The molecule has 8 heteroatoms. The number of anilines is 1. The van der Waals surface area contributed by atoms with Crippen LogP contribution in [0, 0.1) is 5.92 Å². The predicted molar refractivity (Wildman–Crippen MR) is 103 cm³/mol. The fourth-order valence-electron chi connectivity index (χ4n) is 2.27. The Morgan fingerprint density at radius 1 is 1.08 bits per heavy atom. The summed E-state index contributed by atoms with van der Waals surface area (Å²) in [5, 5.41) is 3.30. The summed E-state index contributed by atoms with van der Waals surface area (Å²) in [6, 6.07) is 13.6. The number of halogens is 2. The van der Waals surface area contributed by atoms with Gasteiger partial charge in [0, 0.05) is 6.21 Å². The van der Waals surface area contributed by atoms with Gasteiger partial charge in [0.2, 0.25) is 5.91 Å². The van der Waals surface area contributed by atoms with Gasteiger partial charge >= 0.3 is 0 Å². The summed E-state index contributed by atoms with van der Waals surface area (Å²) in [6.45, 7) is 0. The van der Waals surface area contributed by atoms with Gasteiger partial charge in [-0.3, -0.25) is 19.5 Å². The van der Waals surface area contributed by atoms with Gasteiger partial charge in [-0.25, -0.2) is 0 Å². The molecule has 0 bridgehead atoms. The molecule has 3 rings (SSSR count). The van der Waals surface area contributed by atoms with Gasteiger partial charge in [-0.15, -0.1) is 0 Å². The van der Waals surface area contributed by atoms with Crippen molar-refractivity contribution in [2.24, 2.45) is 10.9 Å². The molecule has 1 atom stereocenters. The number of benzene rings is 2. The Balaban J connectivity index is 1.88. The quantitative estimate of drug-likeness (QED) is 0.492. The van der Waals surface area contributed by atoms with Gasteiger partial charge in [0.05, 0.1) is 21.4 Å². The second-order valence-electron chi connectivity index (χ2n) is 5.16. The first kappa shape index (κ1) is 17.5. The normalized spacial score (nSPS) is 17.9. The standard InChI is InChI=1S/C17H11Cl2N3O2S/c18-13-7-6-10(8-14(13)19)20-9-12-15(23)21-17(25)22(16(12)24)11-4-2-1-3-5-11/h1-9,12H,(H,21,23,25). The SMILES string of the molecule is O=C1NC(=S)N(c2ccccc2)C(=O)C1C=Nc1ccc(Cl)c(Cl)c1. The van der Waals surface area contributed by atoms with Crippen LogP contribution in [0.4, 0.5) is 11.4 Å². The first-order chi connectivity index (χ1) is 12.0. The fourth-order valence-corrected chi connectivity index (χ4v) is 2.86. The van der Waals surface area contributed by atoms with Crippen LogP contribution in [-0.4, -0.2) is 23.1 Å². The number of aliphatic imine (C=N–C) groups is 1. The van der Waals surface area contributed by atoms with E-state index in [2.05, 4.69) is 10.3 Å². The zero-order valence-electron chi connectivity index (χ0n) is 12.6. The summed E-state index contributed by atoms with van der Waals surface area (Å²) in [5.41, 5.74) is 1.06. The summed E-state index contributed by atoms with van der Waals surface area (Å²) in [4.78, 5) is 30.3. The van der Waals surface area contributed by atoms with Crippen molar-refractivity contribution >= 4 is 69.9 Å². The molecule has 1 aliphatic rings. The Bertz CT molecular complexity index is 887. The van der Waals surface area contributed by atoms with Crippen molar-refractivity contribution in [1.29, 1.82) is 0 Å². The molecule has 2 aromatic rings. The highest BCUT2D eigenvalue weighted by Gasteiger charge is 2.38. The number of nitrogens with zero attached hydrogens (tertiary/aromatic N) is 2. The smallest absolute Gasteiger partial charge is 0.251 e. The van der Waals surface area contributed by atoms with Crippen molar-refractivity contribution in [3.05, 3.63) is 58.6 Å². The maximum atomic E-state index is 12.7. The number of carbonyl (C=O) groups is 2. The number of carbonyl (C=O) groups excluding carboxylic acids is 2. The predicted octanol–water partition coefficient (Wildman–Crippen LogP) is 3.76. The molecule has 0 spiro atoms. The highest BCUT2D eigenvalue weighted by molar-refractivity contribution is 7.80. The largest absolute Gasteiger partial charge is 0.301 e. The molecule has 126 valence electrons. The van der Waals surface area contributed by atoms with Gasteiger partial charge in [0.1, 0.15) is 0 Å². The number of thiocarbonyl (C=S) groups is 1. The van der Waals surface area contributed by atoms with E-state index >= 15 is 0 Å². The Kier molecular flexibility index (Phi) is 5.13. The molecule has 1 aliphatic heterocycles. The Labute approximate surface area is 159 Å². The van der Waals surface area contributed by atoms with Crippen LogP contribution < -0.4 is 10.2 Å². The lowest BCUT2D eigenvalue weighted by atomic mass is 10.1. The molecule has 0 aromatic heterocycles. The van der Waals surface area contributed by atoms with Crippen molar-refractivity contribution in [1.82, 2.24) is 5.32 Å². The lowest BCUT2D eigenvalue weighted by Gasteiger charge is -2.30. The van der Waals surface area contributed by atoms with Crippen LogP contribution in [0.1, 0.15) is 0 Å². The Hall–Kier alpha value is -2.28. The number of hydrogen-bond donors (Lipinski definition) is 1. The maximum absolute atomic E-state index is 12.7. The minimum absolute atomic E-state index is 0.0420. The van der Waals surface area contributed by atoms with Gasteiger partial charge in [0.25, 0.3) is 5.91 Å². The van der Waals surface area contributed by atoms with E-state index < -0.39 is 17.7 Å². The zero-order valence-corrected chi connectivity index (χ0v) is 15.0. The van der Waals surface area contributed by atoms with Gasteiger partial charge in [-0.05, 0) is 42.5 Å². The summed E-state index contributed by atoms with van der Waals surface area (Å²) < 4.78 is 0. The van der Waals surface area contributed by atoms with Gasteiger partial charge in [-0.2, -0.15) is 0 Å². The minimum atomic E-state index is -1.10. The van der Waals surface area contributed by atoms with Gasteiger partial charge in [-0.1, -0.05) is 41.4 Å². The molecule has 1 unspecified atom stereocenters. The zero-order chi connectivity index (χ0) is 18.0. The van der Waals surface area contributed by atoms with Crippen LogP contribution in [-0.2, 0) is 9.59 Å². The minimum Gasteiger partial charge on any atom is -0.301 e. The maximum Gasteiger partial charge on any atom is 0.251 e. The molecule has 1 saturated heterocycles. The third kappa shape index (κ3) is 3.71. The molecule has 2 amide bonds. The Morgan fingerprint density at radius 2 is 1.80 bits per heavy atom. The summed E-state index contributed by atoms with van der Waals surface area (Å²) in [5.74, 6) is -2.09. The van der Waals surface area contributed by atoms with E-state index in [0.717, 1.165) is 0 Å². The van der Waals surface area contributed by atoms with Crippen LogP contribution in [0.5, 0.6) is 0 Å². The van der Waals surface area contributed by atoms with E-state index in [-0.39, 0.29) is 5.11 Å². The third-order valence-corrected chi connectivity index (χ3v) is 4.52. The Morgan fingerprint density at radius 3 is 2.48 bits per heavy atom. The van der Waals surface area contributed by atoms with Gasteiger partial charge < -0.3 is 5.32 Å². The molecule has 5 nitrogen and oxygen atoms in total. The van der Waals surface area contributed by atoms with E-state index in [9.17, 15) is 9.59 Å². The van der Waals surface area contributed by atoms with Crippen LogP contribution in [0.3, 0.4) is 0 Å². The third-order valence-electron chi connectivity index (χ3n) is 3.49. The first-order valence-corrected chi connectivity index (χ1v) is 8.37. The van der Waals surface area contributed by atoms with E-state index in [0.29, 0.717) is 21.4 Å². The molecule has 1 heterocycles. The topological polar surface area (TPSA) is 61.8 Å². The first-order valence-electron chi connectivity index (χ1n) is 7.20. The number of amides is 2. The molecule has 2 aromatic carbocycles. The van der Waals surface area contributed by atoms with Crippen molar-refractivity contribution in [2.75, 3.05) is 4.90 Å². The summed E-state index contributed by atoms with van der Waals surface area (Å²) in [7, 11) is 0. The number of hydrogen-bond acceptors (Lipinski definition) is 4. The summed E-state index contributed by atoms with van der Waals surface area (Å²) in [6.07, 6.45) is 1.27. The molecule has 0 saturated carbocycles. The lowest BCUT2D eigenvalue weighted by Crippen LogP contribution is -2.58. The van der Waals surface area contributed by atoms with Crippen molar-refractivity contribution < 1.29 is 9.59 Å². The number of rotatable bonds is 3. The second-order valence-corrected chi connectivity index (χ2v) is 6.36. The van der Waals surface area contributed by atoms with Crippen molar-refractivity contribution in [3.63, 3.8) is 0 Å². The highest BCUT2D eigenvalue weighted by atomic mass is 35.5. The monoisotopic (exact) mass is 391 g/mol. The number of para-hydroxylation sites is 1. The van der Waals surface area contributed by atoms with Crippen LogP contribution in [0.15, 0.2) is 53.5 Å². The van der Waals surface area contributed by atoms with E-state index in [4.69, 9.17) is 35.4 Å². The van der Waals surface area contributed by atoms with Crippen LogP contribution in [0.2, 0.25) is 10.0 Å². The van der Waals surface area contributed by atoms with E-state index in [1.165, 1.54) is 11.1 Å². The molecule has 1 N–H and O–H groups in total. The molecule has 25 heavy (non-hydrogen) atoms. The molecule has 1 fully saturated rings. The van der Waals surface area contributed by atoms with E-state index in [1.54, 1.807) is 42.5 Å². The van der Waals surface area contributed by atoms with E-state index in [1.807, 2.05) is 6.07 Å². The highest BCUT2D eigenvalue weighted by Crippen LogP contribution is 2.27. The lowest BCUT2D eigenvalue weighted by molar-refractivity contribution is -0.130.